The van der Waals surface area contributed by atoms with Gasteiger partial charge in [0.15, 0.2) is 0 Å². The molecule has 116 valence electrons. The second kappa shape index (κ2) is 6.93. The molecule has 2 aromatic heterocycles. The van der Waals surface area contributed by atoms with Crippen LogP contribution in [-0.4, -0.2) is 51.6 Å². The number of ether oxygens (including phenoxy) is 1. The van der Waals surface area contributed by atoms with Gasteiger partial charge in [0.1, 0.15) is 11.2 Å². The van der Waals surface area contributed by atoms with Gasteiger partial charge in [0, 0.05) is 25.0 Å². The Morgan fingerprint density at radius 3 is 3.14 bits per heavy atom. The Bertz CT molecular complexity index is 631. The molecular weight excluding hydrogens is 300 g/mol. The Kier molecular flexibility index (Phi) is 4.74. The quantitative estimate of drug-likeness (QED) is 0.858. The number of rotatable bonds is 4. The molecule has 3 heterocycles. The number of carbonyl (C=O) groups excluding carboxylic acids is 1. The molecule has 0 aliphatic carbocycles. The zero-order valence-corrected chi connectivity index (χ0v) is 13.3. The van der Waals surface area contributed by atoms with Crippen molar-refractivity contribution < 1.29 is 9.53 Å². The Morgan fingerprint density at radius 2 is 2.41 bits per heavy atom. The number of aromatic nitrogens is 3. The average Bonchev–Trinajstić information content (AvgIpc) is 2.99. The van der Waals surface area contributed by atoms with Crippen LogP contribution in [0.15, 0.2) is 24.1 Å². The molecule has 1 atom stereocenters. The fourth-order valence-electron chi connectivity index (χ4n) is 2.50. The van der Waals surface area contributed by atoms with Crippen LogP contribution in [0.2, 0.25) is 0 Å². The first-order valence-electron chi connectivity index (χ1n) is 7.30. The van der Waals surface area contributed by atoms with Crippen molar-refractivity contribution in [3.63, 3.8) is 0 Å². The predicted octanol–water partition coefficient (Wildman–Crippen LogP) is 1.72. The molecule has 1 aliphatic heterocycles. The largest absolute Gasteiger partial charge is 0.375 e. The van der Waals surface area contributed by atoms with Crippen molar-refractivity contribution >= 4 is 17.2 Å². The fraction of sp³-hybridized carbons (Fsp3) is 0.467. The molecule has 22 heavy (non-hydrogen) atoms. The van der Waals surface area contributed by atoms with Crippen molar-refractivity contribution in [3.8, 4) is 0 Å². The smallest absolute Gasteiger partial charge is 0.266 e. The lowest BCUT2D eigenvalue weighted by Crippen LogP contribution is -2.45. The third kappa shape index (κ3) is 3.48. The molecule has 3 rings (SSSR count). The zero-order chi connectivity index (χ0) is 15.4. The summed E-state index contributed by atoms with van der Waals surface area (Å²) in [7, 11) is 0. The van der Waals surface area contributed by atoms with Crippen molar-refractivity contribution in [2.24, 2.45) is 0 Å². The second-order valence-electron chi connectivity index (χ2n) is 5.25. The predicted molar refractivity (Wildman–Crippen MR) is 82.8 cm³/mol. The van der Waals surface area contributed by atoms with Gasteiger partial charge in [-0.15, -0.1) is 11.3 Å². The average molecular weight is 318 g/mol. The molecular formula is C15H18N4O2S. The van der Waals surface area contributed by atoms with Crippen LogP contribution in [0.1, 0.15) is 27.5 Å². The van der Waals surface area contributed by atoms with Gasteiger partial charge in [-0.3, -0.25) is 4.79 Å². The van der Waals surface area contributed by atoms with Crippen LogP contribution in [-0.2, 0) is 11.2 Å². The number of morpholine rings is 1. The number of carbonyl (C=O) groups is 1. The molecule has 6 nitrogen and oxygen atoms in total. The van der Waals surface area contributed by atoms with Crippen molar-refractivity contribution in [2.45, 2.75) is 25.9 Å². The lowest BCUT2D eigenvalue weighted by atomic mass is 10.1. The topological polar surface area (TPSA) is 68.2 Å². The van der Waals surface area contributed by atoms with Gasteiger partial charge < -0.3 is 9.64 Å². The number of thiazole rings is 1. The summed E-state index contributed by atoms with van der Waals surface area (Å²) in [6.45, 7) is 3.72. The van der Waals surface area contributed by atoms with Gasteiger partial charge in [0.2, 0.25) is 0 Å². The van der Waals surface area contributed by atoms with Crippen LogP contribution in [0.3, 0.4) is 0 Å². The maximum absolute atomic E-state index is 12.5. The van der Waals surface area contributed by atoms with E-state index in [2.05, 4.69) is 15.0 Å². The van der Waals surface area contributed by atoms with Crippen LogP contribution >= 0.6 is 11.3 Å². The zero-order valence-electron chi connectivity index (χ0n) is 12.4. The minimum absolute atomic E-state index is 0.0564. The van der Waals surface area contributed by atoms with Crippen molar-refractivity contribution in [1.29, 1.82) is 0 Å². The maximum Gasteiger partial charge on any atom is 0.266 e. The lowest BCUT2D eigenvalue weighted by molar-refractivity contribution is -0.0245. The Morgan fingerprint density at radius 1 is 1.50 bits per heavy atom. The van der Waals surface area contributed by atoms with E-state index in [-0.39, 0.29) is 12.0 Å². The van der Waals surface area contributed by atoms with Gasteiger partial charge in [0.25, 0.3) is 5.91 Å². The van der Waals surface area contributed by atoms with Crippen LogP contribution < -0.4 is 0 Å². The van der Waals surface area contributed by atoms with Gasteiger partial charge in [-0.05, 0) is 25.8 Å². The van der Waals surface area contributed by atoms with Crippen molar-refractivity contribution in [3.05, 3.63) is 40.4 Å². The highest BCUT2D eigenvalue weighted by Gasteiger charge is 2.26. The van der Waals surface area contributed by atoms with E-state index in [1.165, 1.54) is 11.3 Å². The Labute approximate surface area is 133 Å². The van der Waals surface area contributed by atoms with E-state index in [0.29, 0.717) is 19.7 Å². The van der Waals surface area contributed by atoms with Crippen LogP contribution in [0, 0.1) is 6.92 Å². The minimum atomic E-state index is 0.0564. The van der Waals surface area contributed by atoms with Gasteiger partial charge in [-0.1, -0.05) is 0 Å². The molecule has 2 aromatic rings. The van der Waals surface area contributed by atoms with Crippen molar-refractivity contribution in [2.75, 3.05) is 19.7 Å². The SMILES string of the molecule is Cc1ncsc1C(=O)N1CCO[C@H](CCc2ccncn2)C1. The van der Waals surface area contributed by atoms with E-state index in [1.807, 2.05) is 17.9 Å². The van der Waals surface area contributed by atoms with E-state index < -0.39 is 0 Å². The first-order valence-corrected chi connectivity index (χ1v) is 8.18. The fourth-order valence-corrected chi connectivity index (χ4v) is 3.27. The summed E-state index contributed by atoms with van der Waals surface area (Å²) in [4.78, 5) is 27.4. The molecule has 0 N–H and O–H groups in total. The molecule has 0 bridgehead atoms. The van der Waals surface area contributed by atoms with Crippen LogP contribution in [0.4, 0.5) is 0 Å². The highest BCUT2D eigenvalue weighted by molar-refractivity contribution is 7.11. The summed E-state index contributed by atoms with van der Waals surface area (Å²) < 4.78 is 5.78. The van der Waals surface area contributed by atoms with Gasteiger partial charge >= 0.3 is 0 Å². The van der Waals surface area contributed by atoms with Crippen LogP contribution in [0.25, 0.3) is 0 Å². The lowest BCUT2D eigenvalue weighted by Gasteiger charge is -2.32. The summed E-state index contributed by atoms with van der Waals surface area (Å²) in [6.07, 6.45) is 5.03. The summed E-state index contributed by atoms with van der Waals surface area (Å²) in [5, 5.41) is 0. The number of amides is 1. The highest BCUT2D eigenvalue weighted by Crippen LogP contribution is 2.18. The third-order valence-electron chi connectivity index (χ3n) is 3.73. The van der Waals surface area contributed by atoms with E-state index in [4.69, 9.17) is 4.74 Å². The normalized spacial score (nSPS) is 18.4. The number of aryl methyl sites for hydroxylation is 2. The summed E-state index contributed by atoms with van der Waals surface area (Å²) in [5.41, 5.74) is 3.52. The molecule has 7 heteroatoms. The first kappa shape index (κ1) is 15.1. The van der Waals surface area contributed by atoms with Gasteiger partial charge in [-0.25, -0.2) is 15.0 Å². The molecule has 1 fully saturated rings. The Hall–Kier alpha value is -1.86. The first-order chi connectivity index (χ1) is 10.7. The highest BCUT2D eigenvalue weighted by atomic mass is 32.1. The Balaban J connectivity index is 1.57. The molecule has 0 saturated carbocycles. The minimum Gasteiger partial charge on any atom is -0.375 e. The molecule has 1 amide bonds. The summed E-state index contributed by atoms with van der Waals surface area (Å²) >= 11 is 1.40. The van der Waals surface area contributed by atoms with E-state index in [0.717, 1.165) is 29.1 Å². The second-order valence-corrected chi connectivity index (χ2v) is 6.11. The van der Waals surface area contributed by atoms with Crippen molar-refractivity contribution in [1.82, 2.24) is 19.9 Å². The molecule has 0 spiro atoms. The number of hydrogen-bond donors (Lipinski definition) is 0. The third-order valence-corrected chi connectivity index (χ3v) is 4.65. The maximum atomic E-state index is 12.5. The van der Waals surface area contributed by atoms with E-state index >= 15 is 0 Å². The molecule has 1 aliphatic rings. The number of hydrogen-bond acceptors (Lipinski definition) is 6. The molecule has 0 aromatic carbocycles. The molecule has 0 unspecified atom stereocenters. The number of nitrogens with zero attached hydrogens (tertiary/aromatic N) is 4. The summed E-state index contributed by atoms with van der Waals surface area (Å²) in [6, 6.07) is 1.91. The summed E-state index contributed by atoms with van der Waals surface area (Å²) in [5.74, 6) is 0.0651. The van der Waals surface area contributed by atoms with Gasteiger partial charge in [0.05, 0.1) is 23.9 Å². The van der Waals surface area contributed by atoms with E-state index in [1.54, 1.807) is 18.0 Å². The standard InChI is InChI=1S/C15H18N4O2S/c1-11-14(22-10-18-11)15(20)19-6-7-21-13(8-19)3-2-12-4-5-16-9-17-12/h4-5,9-10,13H,2-3,6-8H2,1H3/t13-/m1/s1. The van der Waals surface area contributed by atoms with E-state index in [9.17, 15) is 4.79 Å². The van der Waals surface area contributed by atoms with Crippen LogP contribution in [0.5, 0.6) is 0 Å². The molecule has 1 saturated heterocycles. The molecule has 0 radical (unpaired) electrons. The monoisotopic (exact) mass is 318 g/mol. The van der Waals surface area contributed by atoms with Gasteiger partial charge in [-0.2, -0.15) is 0 Å².